The summed E-state index contributed by atoms with van der Waals surface area (Å²) >= 11 is 0. The second kappa shape index (κ2) is 7.08. The number of carbonyl (C=O) groups is 2. The van der Waals surface area contributed by atoms with Gasteiger partial charge in [0.05, 0.1) is 0 Å². The van der Waals surface area contributed by atoms with Crippen molar-refractivity contribution in [2.45, 2.75) is 46.6 Å². The van der Waals surface area contributed by atoms with Crippen LogP contribution in [-0.2, 0) is 9.59 Å². The first kappa shape index (κ1) is 16.2. The minimum absolute atomic E-state index is 0.0344. The largest absolute Gasteiger partial charge is 0.344 e. The molecule has 0 bridgehead atoms. The summed E-state index contributed by atoms with van der Waals surface area (Å²) in [6.45, 7) is 9.45. The summed E-state index contributed by atoms with van der Waals surface area (Å²) in [4.78, 5) is 23.4. The van der Waals surface area contributed by atoms with Crippen LogP contribution < -0.4 is 10.6 Å². The van der Waals surface area contributed by atoms with Gasteiger partial charge in [0.2, 0.25) is 11.8 Å². The summed E-state index contributed by atoms with van der Waals surface area (Å²) in [7, 11) is 0. The number of benzene rings is 1. The number of rotatable bonds is 5. The lowest BCUT2D eigenvalue weighted by Crippen LogP contribution is -2.46. The number of hydrogen-bond donors (Lipinski definition) is 2. The molecule has 4 nitrogen and oxygen atoms in total. The SMILES string of the molecule is CC(=O)NC(C(=O)Nc1cccc(C(C)C)c1)C(C)C. The predicted octanol–water partition coefficient (Wildman–Crippen LogP) is 2.91. The fourth-order valence-electron chi connectivity index (χ4n) is 1.95. The molecule has 0 aliphatic carbocycles. The van der Waals surface area contributed by atoms with E-state index in [0.717, 1.165) is 5.69 Å². The topological polar surface area (TPSA) is 58.2 Å². The number of amides is 2. The fourth-order valence-corrected chi connectivity index (χ4v) is 1.95. The van der Waals surface area contributed by atoms with E-state index >= 15 is 0 Å². The molecule has 0 saturated heterocycles. The zero-order valence-electron chi connectivity index (χ0n) is 12.9. The van der Waals surface area contributed by atoms with Gasteiger partial charge < -0.3 is 10.6 Å². The highest BCUT2D eigenvalue weighted by atomic mass is 16.2. The molecule has 1 aromatic rings. The van der Waals surface area contributed by atoms with Crippen molar-refractivity contribution < 1.29 is 9.59 Å². The molecule has 4 heteroatoms. The molecular formula is C16H24N2O2. The van der Waals surface area contributed by atoms with Crippen LogP contribution >= 0.6 is 0 Å². The van der Waals surface area contributed by atoms with Gasteiger partial charge in [-0.15, -0.1) is 0 Å². The maximum absolute atomic E-state index is 12.2. The minimum atomic E-state index is -0.518. The van der Waals surface area contributed by atoms with E-state index in [1.54, 1.807) is 0 Å². The van der Waals surface area contributed by atoms with Crippen LogP contribution in [-0.4, -0.2) is 17.9 Å². The van der Waals surface area contributed by atoms with Crippen LogP contribution in [0.1, 0.15) is 46.1 Å². The summed E-state index contributed by atoms with van der Waals surface area (Å²) in [5, 5.41) is 5.56. The van der Waals surface area contributed by atoms with Crippen molar-refractivity contribution in [3.63, 3.8) is 0 Å². The molecule has 0 saturated carbocycles. The molecule has 20 heavy (non-hydrogen) atoms. The first-order valence-corrected chi connectivity index (χ1v) is 6.99. The monoisotopic (exact) mass is 276 g/mol. The van der Waals surface area contributed by atoms with Gasteiger partial charge in [0.15, 0.2) is 0 Å². The second-order valence-electron chi connectivity index (χ2n) is 5.69. The van der Waals surface area contributed by atoms with Crippen molar-refractivity contribution in [1.29, 1.82) is 0 Å². The van der Waals surface area contributed by atoms with Crippen molar-refractivity contribution in [3.8, 4) is 0 Å². The third-order valence-corrected chi connectivity index (χ3v) is 3.13. The Kier molecular flexibility index (Phi) is 5.74. The van der Waals surface area contributed by atoms with Crippen LogP contribution in [0.4, 0.5) is 5.69 Å². The van der Waals surface area contributed by atoms with E-state index in [0.29, 0.717) is 5.92 Å². The van der Waals surface area contributed by atoms with Crippen LogP contribution in [0, 0.1) is 5.92 Å². The third kappa shape index (κ3) is 4.68. The Morgan fingerprint density at radius 1 is 1.10 bits per heavy atom. The first-order chi connectivity index (χ1) is 9.31. The molecule has 1 atom stereocenters. The van der Waals surface area contributed by atoms with Crippen molar-refractivity contribution >= 4 is 17.5 Å². The Balaban J connectivity index is 2.82. The van der Waals surface area contributed by atoms with Crippen molar-refractivity contribution in [3.05, 3.63) is 29.8 Å². The summed E-state index contributed by atoms with van der Waals surface area (Å²) in [6.07, 6.45) is 0. The Labute approximate surface area is 121 Å². The van der Waals surface area contributed by atoms with Gasteiger partial charge in [0.1, 0.15) is 6.04 Å². The van der Waals surface area contributed by atoms with Crippen LogP contribution in [0.2, 0.25) is 0 Å². The molecule has 0 fully saturated rings. The Hall–Kier alpha value is -1.84. The summed E-state index contributed by atoms with van der Waals surface area (Å²) in [5.74, 6) is 0.0566. The smallest absolute Gasteiger partial charge is 0.247 e. The third-order valence-electron chi connectivity index (χ3n) is 3.13. The zero-order chi connectivity index (χ0) is 15.3. The maximum atomic E-state index is 12.2. The molecule has 1 rings (SSSR count). The van der Waals surface area contributed by atoms with Gasteiger partial charge in [-0.25, -0.2) is 0 Å². The second-order valence-corrected chi connectivity index (χ2v) is 5.69. The fraction of sp³-hybridized carbons (Fsp3) is 0.500. The molecule has 0 aromatic heterocycles. The highest BCUT2D eigenvalue weighted by Gasteiger charge is 2.23. The molecule has 0 radical (unpaired) electrons. The highest BCUT2D eigenvalue weighted by molar-refractivity contribution is 5.97. The number of nitrogens with one attached hydrogen (secondary N) is 2. The summed E-state index contributed by atoms with van der Waals surface area (Å²) in [6, 6.07) is 7.26. The van der Waals surface area contributed by atoms with Crippen LogP contribution in [0.5, 0.6) is 0 Å². The molecule has 0 spiro atoms. The number of hydrogen-bond acceptors (Lipinski definition) is 2. The zero-order valence-corrected chi connectivity index (χ0v) is 12.9. The molecule has 1 unspecified atom stereocenters. The lowest BCUT2D eigenvalue weighted by atomic mass is 10.0. The predicted molar refractivity (Wildman–Crippen MR) is 81.6 cm³/mol. The lowest BCUT2D eigenvalue weighted by molar-refractivity contribution is -0.126. The molecule has 2 N–H and O–H groups in total. The van der Waals surface area contributed by atoms with E-state index < -0.39 is 6.04 Å². The van der Waals surface area contributed by atoms with Gasteiger partial charge in [-0.05, 0) is 29.5 Å². The molecular weight excluding hydrogens is 252 g/mol. The lowest BCUT2D eigenvalue weighted by Gasteiger charge is -2.21. The maximum Gasteiger partial charge on any atom is 0.247 e. The van der Waals surface area contributed by atoms with Gasteiger partial charge in [-0.3, -0.25) is 9.59 Å². The summed E-state index contributed by atoms with van der Waals surface area (Å²) < 4.78 is 0. The van der Waals surface area contributed by atoms with Gasteiger partial charge in [0.25, 0.3) is 0 Å². The average Bonchev–Trinajstić information content (AvgIpc) is 2.35. The molecule has 1 aromatic carbocycles. The molecule has 2 amide bonds. The van der Waals surface area contributed by atoms with Crippen LogP contribution in [0.3, 0.4) is 0 Å². The Bertz CT molecular complexity index is 481. The standard InChI is InChI=1S/C16H24N2O2/c1-10(2)13-7-6-8-14(9-13)18-16(20)15(11(3)4)17-12(5)19/h6-11,15H,1-5H3,(H,17,19)(H,18,20). The van der Waals surface area contributed by atoms with Gasteiger partial charge >= 0.3 is 0 Å². The first-order valence-electron chi connectivity index (χ1n) is 6.99. The number of anilines is 1. The van der Waals surface area contributed by atoms with Crippen molar-refractivity contribution in [2.75, 3.05) is 5.32 Å². The summed E-state index contributed by atoms with van der Waals surface area (Å²) in [5.41, 5.74) is 1.93. The van der Waals surface area contributed by atoms with E-state index in [4.69, 9.17) is 0 Å². The average molecular weight is 276 g/mol. The minimum Gasteiger partial charge on any atom is -0.344 e. The quantitative estimate of drug-likeness (QED) is 0.868. The van der Waals surface area contributed by atoms with Gasteiger partial charge in [-0.2, -0.15) is 0 Å². The van der Waals surface area contributed by atoms with Crippen LogP contribution in [0.15, 0.2) is 24.3 Å². The van der Waals surface area contributed by atoms with Crippen molar-refractivity contribution in [2.24, 2.45) is 5.92 Å². The van der Waals surface area contributed by atoms with E-state index in [9.17, 15) is 9.59 Å². The normalized spacial score (nSPS) is 12.3. The molecule has 0 heterocycles. The molecule has 110 valence electrons. The van der Waals surface area contributed by atoms with Gasteiger partial charge in [0, 0.05) is 12.6 Å². The van der Waals surface area contributed by atoms with E-state index in [1.165, 1.54) is 12.5 Å². The van der Waals surface area contributed by atoms with Crippen LogP contribution in [0.25, 0.3) is 0 Å². The highest BCUT2D eigenvalue weighted by Crippen LogP contribution is 2.19. The molecule has 0 aliphatic rings. The van der Waals surface area contributed by atoms with E-state index in [1.807, 2.05) is 38.1 Å². The Morgan fingerprint density at radius 2 is 1.75 bits per heavy atom. The van der Waals surface area contributed by atoms with E-state index in [2.05, 4.69) is 24.5 Å². The van der Waals surface area contributed by atoms with E-state index in [-0.39, 0.29) is 17.7 Å². The molecule has 0 aliphatic heterocycles. The number of carbonyl (C=O) groups excluding carboxylic acids is 2. The van der Waals surface area contributed by atoms with Gasteiger partial charge in [-0.1, -0.05) is 39.8 Å². The Morgan fingerprint density at radius 3 is 2.25 bits per heavy atom. The van der Waals surface area contributed by atoms with Crippen molar-refractivity contribution in [1.82, 2.24) is 5.32 Å².